The first-order valence-corrected chi connectivity index (χ1v) is 11.7. The van der Waals surface area contributed by atoms with E-state index in [2.05, 4.69) is 37.4 Å². The lowest BCUT2D eigenvalue weighted by atomic mass is 9.87. The van der Waals surface area contributed by atoms with Gasteiger partial charge in [-0.2, -0.15) is 0 Å². The van der Waals surface area contributed by atoms with Crippen molar-refractivity contribution in [2.75, 3.05) is 6.54 Å². The summed E-state index contributed by atoms with van der Waals surface area (Å²) in [5.41, 5.74) is 3.39. The second-order valence-corrected chi connectivity index (χ2v) is 9.29. The highest BCUT2D eigenvalue weighted by Gasteiger charge is 2.32. The molecule has 172 valence electrons. The molecule has 0 aromatic heterocycles. The van der Waals surface area contributed by atoms with Crippen molar-refractivity contribution in [3.63, 3.8) is 0 Å². The first kappa shape index (κ1) is 23.8. The van der Waals surface area contributed by atoms with Gasteiger partial charge in [0.15, 0.2) is 6.10 Å². The van der Waals surface area contributed by atoms with Crippen molar-refractivity contribution in [2.45, 2.75) is 72.1 Å². The number of carbonyl (C=O) groups is 2. The van der Waals surface area contributed by atoms with Crippen LogP contribution in [-0.2, 0) is 16.0 Å². The smallest absolute Gasteiger partial charge is 0.261 e. The summed E-state index contributed by atoms with van der Waals surface area (Å²) >= 11 is 0. The van der Waals surface area contributed by atoms with E-state index in [4.69, 9.17) is 4.74 Å². The van der Waals surface area contributed by atoms with Gasteiger partial charge in [-0.1, -0.05) is 57.2 Å². The van der Waals surface area contributed by atoms with Crippen molar-refractivity contribution >= 4 is 11.8 Å². The van der Waals surface area contributed by atoms with Crippen LogP contribution >= 0.6 is 0 Å². The second kappa shape index (κ2) is 10.7. The molecule has 2 unspecified atom stereocenters. The van der Waals surface area contributed by atoms with E-state index in [1.54, 1.807) is 0 Å². The van der Waals surface area contributed by atoms with Gasteiger partial charge >= 0.3 is 0 Å². The van der Waals surface area contributed by atoms with Crippen LogP contribution in [0.5, 0.6) is 5.75 Å². The third-order valence-corrected chi connectivity index (χ3v) is 5.74. The number of fused-ring (bicyclic) bond motifs is 1. The molecule has 2 aromatic rings. The highest BCUT2D eigenvalue weighted by atomic mass is 16.5. The zero-order valence-electron chi connectivity index (χ0n) is 19.9. The van der Waals surface area contributed by atoms with Crippen LogP contribution in [0.15, 0.2) is 48.5 Å². The van der Waals surface area contributed by atoms with Gasteiger partial charge in [0, 0.05) is 19.0 Å². The van der Waals surface area contributed by atoms with E-state index in [1.165, 1.54) is 5.56 Å². The molecule has 5 heteroatoms. The number of nitrogens with zero attached hydrogens (tertiary/aromatic N) is 1. The van der Waals surface area contributed by atoms with Crippen molar-refractivity contribution in [3.8, 4) is 5.75 Å². The van der Waals surface area contributed by atoms with Gasteiger partial charge in [-0.3, -0.25) is 9.59 Å². The van der Waals surface area contributed by atoms with E-state index in [1.807, 2.05) is 56.0 Å². The molecule has 1 aliphatic heterocycles. The molecule has 0 spiro atoms. The Morgan fingerprint density at radius 3 is 2.44 bits per heavy atom. The first-order chi connectivity index (χ1) is 15.3. The Kier molecular flexibility index (Phi) is 7.94. The minimum atomic E-state index is -0.548. The van der Waals surface area contributed by atoms with E-state index >= 15 is 0 Å². The lowest BCUT2D eigenvalue weighted by molar-refractivity contribution is -0.134. The summed E-state index contributed by atoms with van der Waals surface area (Å²) in [6, 6.07) is 16.1. The number of carbonyl (C=O) groups excluding carboxylic acids is 2. The minimum Gasteiger partial charge on any atom is -0.481 e. The lowest BCUT2D eigenvalue weighted by Gasteiger charge is -2.38. The molecule has 0 fully saturated rings. The number of hydrogen-bond acceptors (Lipinski definition) is 3. The monoisotopic (exact) mass is 436 g/mol. The largest absolute Gasteiger partial charge is 0.481 e. The SMILES string of the molecule is CCC(Oc1ccc2c(c1)C(c1ccccc1)N(C(=O)CC(C)C)CC2)C(=O)NC(C)C. The van der Waals surface area contributed by atoms with Crippen LogP contribution in [0.25, 0.3) is 0 Å². The molecule has 2 atom stereocenters. The Bertz CT molecular complexity index is 924. The third-order valence-electron chi connectivity index (χ3n) is 5.74. The Morgan fingerprint density at radius 1 is 1.09 bits per heavy atom. The summed E-state index contributed by atoms with van der Waals surface area (Å²) in [6.45, 7) is 10.7. The average Bonchev–Trinajstić information content (AvgIpc) is 2.76. The van der Waals surface area contributed by atoms with E-state index in [9.17, 15) is 9.59 Å². The van der Waals surface area contributed by atoms with E-state index in [0.717, 1.165) is 17.5 Å². The maximum absolute atomic E-state index is 13.1. The quantitative estimate of drug-likeness (QED) is 0.641. The van der Waals surface area contributed by atoms with Gasteiger partial charge in [0.25, 0.3) is 5.91 Å². The first-order valence-electron chi connectivity index (χ1n) is 11.7. The van der Waals surface area contributed by atoms with Gasteiger partial charge in [0.2, 0.25) is 5.91 Å². The molecule has 32 heavy (non-hydrogen) atoms. The summed E-state index contributed by atoms with van der Waals surface area (Å²) in [7, 11) is 0. The summed E-state index contributed by atoms with van der Waals surface area (Å²) in [5.74, 6) is 1.04. The van der Waals surface area contributed by atoms with Crippen molar-refractivity contribution in [1.29, 1.82) is 0 Å². The van der Waals surface area contributed by atoms with Crippen LogP contribution in [0.3, 0.4) is 0 Å². The van der Waals surface area contributed by atoms with Crippen molar-refractivity contribution in [3.05, 3.63) is 65.2 Å². The standard InChI is InChI=1S/C27H36N2O3/c1-6-24(27(31)28-19(4)5)32-22-13-12-20-14-15-29(25(30)16-18(2)3)26(23(20)17-22)21-10-8-7-9-11-21/h7-13,17-19,24,26H,6,14-16H2,1-5H3,(H,28,31). The number of benzene rings is 2. The van der Waals surface area contributed by atoms with E-state index in [-0.39, 0.29) is 23.9 Å². The number of hydrogen-bond donors (Lipinski definition) is 1. The normalized spacial score (nSPS) is 16.6. The van der Waals surface area contributed by atoms with Gasteiger partial charge in [-0.15, -0.1) is 0 Å². The molecule has 0 aliphatic carbocycles. The van der Waals surface area contributed by atoms with Gasteiger partial charge in [-0.25, -0.2) is 0 Å². The van der Waals surface area contributed by atoms with Crippen LogP contribution in [0.1, 0.15) is 70.2 Å². The number of ether oxygens (including phenoxy) is 1. The fraction of sp³-hybridized carbons (Fsp3) is 0.481. The molecule has 0 saturated carbocycles. The molecule has 0 bridgehead atoms. The molecular formula is C27H36N2O3. The summed E-state index contributed by atoms with van der Waals surface area (Å²) < 4.78 is 6.12. The summed E-state index contributed by atoms with van der Waals surface area (Å²) in [4.78, 5) is 27.7. The van der Waals surface area contributed by atoms with E-state index < -0.39 is 6.10 Å². The van der Waals surface area contributed by atoms with Crippen LogP contribution < -0.4 is 10.1 Å². The molecule has 2 amide bonds. The van der Waals surface area contributed by atoms with Gasteiger partial charge in [-0.05, 0) is 61.4 Å². The third kappa shape index (κ3) is 5.70. The van der Waals surface area contributed by atoms with E-state index in [0.29, 0.717) is 31.1 Å². The summed E-state index contributed by atoms with van der Waals surface area (Å²) in [6.07, 6.45) is 1.38. The predicted molar refractivity (Wildman–Crippen MR) is 128 cm³/mol. The zero-order valence-corrected chi connectivity index (χ0v) is 19.9. The van der Waals surface area contributed by atoms with Crippen molar-refractivity contribution < 1.29 is 14.3 Å². The van der Waals surface area contributed by atoms with Gasteiger partial charge in [0.05, 0.1) is 6.04 Å². The maximum Gasteiger partial charge on any atom is 0.261 e. The van der Waals surface area contributed by atoms with Crippen LogP contribution in [0.2, 0.25) is 0 Å². The molecule has 1 aliphatic rings. The van der Waals surface area contributed by atoms with Crippen molar-refractivity contribution in [2.24, 2.45) is 5.92 Å². The lowest BCUT2D eigenvalue weighted by Crippen LogP contribution is -2.42. The maximum atomic E-state index is 13.1. The average molecular weight is 437 g/mol. The summed E-state index contributed by atoms with van der Waals surface area (Å²) in [5, 5.41) is 2.93. The second-order valence-electron chi connectivity index (χ2n) is 9.29. The molecule has 5 nitrogen and oxygen atoms in total. The number of nitrogens with one attached hydrogen (secondary N) is 1. The predicted octanol–water partition coefficient (Wildman–Crippen LogP) is 4.89. The van der Waals surface area contributed by atoms with Gasteiger partial charge in [0.1, 0.15) is 5.75 Å². The zero-order chi connectivity index (χ0) is 23.3. The van der Waals surface area contributed by atoms with Crippen LogP contribution in [0.4, 0.5) is 0 Å². The van der Waals surface area contributed by atoms with Crippen LogP contribution in [0, 0.1) is 5.92 Å². The fourth-order valence-corrected chi connectivity index (χ4v) is 4.26. The molecule has 0 saturated heterocycles. The Hall–Kier alpha value is -2.82. The Labute approximate surface area is 192 Å². The fourth-order valence-electron chi connectivity index (χ4n) is 4.26. The van der Waals surface area contributed by atoms with Crippen molar-refractivity contribution in [1.82, 2.24) is 10.2 Å². The molecular weight excluding hydrogens is 400 g/mol. The highest BCUT2D eigenvalue weighted by Crippen LogP contribution is 2.38. The number of amides is 2. The van der Waals surface area contributed by atoms with Crippen LogP contribution in [-0.4, -0.2) is 35.4 Å². The number of rotatable bonds is 8. The minimum absolute atomic E-state index is 0.0617. The van der Waals surface area contributed by atoms with Gasteiger partial charge < -0.3 is 15.0 Å². The highest BCUT2D eigenvalue weighted by molar-refractivity contribution is 5.81. The molecule has 0 radical (unpaired) electrons. The molecule has 3 rings (SSSR count). The molecule has 2 aromatic carbocycles. The Balaban J connectivity index is 1.95. The topological polar surface area (TPSA) is 58.6 Å². The molecule has 1 heterocycles. The Morgan fingerprint density at radius 2 is 1.81 bits per heavy atom. The molecule has 1 N–H and O–H groups in total.